The molecule has 0 radical (unpaired) electrons. The molecule has 2 N–H and O–H groups in total. The van der Waals surface area contributed by atoms with Crippen LogP contribution < -0.4 is 10.0 Å². The summed E-state index contributed by atoms with van der Waals surface area (Å²) in [5.74, 6) is -0.998. The zero-order valence-corrected chi connectivity index (χ0v) is 17.9. The minimum absolute atomic E-state index is 0.0399. The van der Waals surface area contributed by atoms with Gasteiger partial charge in [-0.05, 0) is 67.9 Å². The molecule has 0 saturated carbocycles. The highest BCUT2D eigenvalue weighted by atomic mass is 32.2. The van der Waals surface area contributed by atoms with Crippen LogP contribution in [0.25, 0.3) is 0 Å². The van der Waals surface area contributed by atoms with Crippen LogP contribution in [-0.4, -0.2) is 26.9 Å². The summed E-state index contributed by atoms with van der Waals surface area (Å²) in [5.41, 5.74) is 2.21. The predicted molar refractivity (Wildman–Crippen MR) is 119 cm³/mol. The first-order valence-electron chi connectivity index (χ1n) is 9.56. The Morgan fingerprint density at radius 2 is 1.55 bits per heavy atom. The Bertz CT molecular complexity index is 1220. The van der Waals surface area contributed by atoms with E-state index in [-0.39, 0.29) is 17.1 Å². The quantitative estimate of drug-likeness (QED) is 0.538. The maximum absolute atomic E-state index is 12.7. The molecular formula is C23H22N2O5S. The number of nitrogens with one attached hydrogen (secondary N) is 2. The van der Waals surface area contributed by atoms with Gasteiger partial charge in [0.15, 0.2) is 0 Å². The lowest BCUT2D eigenvalue weighted by Gasteiger charge is -2.11. The van der Waals surface area contributed by atoms with Crippen LogP contribution in [0.1, 0.15) is 33.2 Å². The van der Waals surface area contributed by atoms with Crippen LogP contribution in [-0.2, 0) is 14.8 Å². The topological polar surface area (TPSA) is 102 Å². The third-order valence-electron chi connectivity index (χ3n) is 4.31. The number of carbonyl (C=O) groups excluding carboxylic acids is 2. The molecule has 0 saturated heterocycles. The van der Waals surface area contributed by atoms with Crippen molar-refractivity contribution < 1.29 is 22.7 Å². The van der Waals surface area contributed by atoms with Gasteiger partial charge in [0.25, 0.3) is 15.9 Å². The summed E-state index contributed by atoms with van der Waals surface area (Å²) < 4.78 is 32.9. The van der Waals surface area contributed by atoms with Crippen molar-refractivity contribution >= 4 is 33.3 Å². The number of esters is 1. The number of amides is 1. The van der Waals surface area contributed by atoms with Gasteiger partial charge in [0, 0.05) is 16.9 Å². The largest absolute Gasteiger partial charge is 0.462 e. The molecule has 0 aliphatic carbocycles. The molecule has 0 bridgehead atoms. The average Bonchev–Trinajstić information content (AvgIpc) is 2.74. The SMILES string of the molecule is CCOC(=O)c1cccc(NC(=O)c2cccc(S(=O)(=O)Nc3cccc(C)c3)c2)c1. The molecular weight excluding hydrogens is 416 g/mol. The van der Waals surface area contributed by atoms with Crippen LogP contribution in [0.5, 0.6) is 0 Å². The third kappa shape index (κ3) is 5.70. The van der Waals surface area contributed by atoms with E-state index in [1.165, 1.54) is 30.3 Å². The number of sulfonamides is 1. The molecule has 0 aliphatic rings. The van der Waals surface area contributed by atoms with Gasteiger partial charge in [0.05, 0.1) is 17.1 Å². The Labute approximate surface area is 181 Å². The van der Waals surface area contributed by atoms with E-state index in [9.17, 15) is 18.0 Å². The Morgan fingerprint density at radius 1 is 0.871 bits per heavy atom. The molecule has 0 atom stereocenters. The van der Waals surface area contributed by atoms with Gasteiger partial charge in [0.1, 0.15) is 0 Å². The smallest absolute Gasteiger partial charge is 0.338 e. The number of hydrogen-bond donors (Lipinski definition) is 2. The van der Waals surface area contributed by atoms with E-state index >= 15 is 0 Å². The lowest BCUT2D eigenvalue weighted by atomic mass is 10.1. The van der Waals surface area contributed by atoms with Gasteiger partial charge < -0.3 is 10.1 Å². The molecule has 0 unspecified atom stereocenters. The van der Waals surface area contributed by atoms with Gasteiger partial charge in [-0.3, -0.25) is 9.52 Å². The van der Waals surface area contributed by atoms with E-state index < -0.39 is 21.9 Å². The molecule has 0 aromatic heterocycles. The molecule has 3 rings (SSSR count). The number of carbonyl (C=O) groups is 2. The van der Waals surface area contributed by atoms with Crippen molar-refractivity contribution in [3.05, 3.63) is 89.5 Å². The molecule has 0 heterocycles. The van der Waals surface area contributed by atoms with Gasteiger partial charge >= 0.3 is 5.97 Å². The Hall–Kier alpha value is -3.65. The molecule has 0 aliphatic heterocycles. The highest BCUT2D eigenvalue weighted by Crippen LogP contribution is 2.19. The van der Waals surface area contributed by atoms with Crippen molar-refractivity contribution in [3.8, 4) is 0 Å². The van der Waals surface area contributed by atoms with Crippen molar-refractivity contribution in [1.82, 2.24) is 0 Å². The summed E-state index contributed by atoms with van der Waals surface area (Å²) in [6, 6.07) is 19.0. The highest BCUT2D eigenvalue weighted by molar-refractivity contribution is 7.92. The van der Waals surface area contributed by atoms with E-state index in [0.29, 0.717) is 16.9 Å². The number of ether oxygens (including phenoxy) is 1. The van der Waals surface area contributed by atoms with E-state index in [2.05, 4.69) is 10.0 Å². The minimum Gasteiger partial charge on any atom is -0.462 e. The van der Waals surface area contributed by atoms with E-state index in [0.717, 1.165) is 5.56 Å². The molecule has 7 nitrogen and oxygen atoms in total. The second-order valence-corrected chi connectivity index (χ2v) is 8.44. The van der Waals surface area contributed by atoms with Gasteiger partial charge in [0.2, 0.25) is 0 Å². The molecule has 8 heteroatoms. The van der Waals surface area contributed by atoms with Gasteiger partial charge in [-0.15, -0.1) is 0 Å². The van der Waals surface area contributed by atoms with Crippen LogP contribution in [0, 0.1) is 6.92 Å². The number of aryl methyl sites for hydroxylation is 1. The van der Waals surface area contributed by atoms with E-state index in [1.54, 1.807) is 43.3 Å². The molecule has 31 heavy (non-hydrogen) atoms. The predicted octanol–water partition coefficient (Wildman–Crippen LogP) is 4.22. The first kappa shape index (κ1) is 22.0. The number of benzene rings is 3. The van der Waals surface area contributed by atoms with Crippen LogP contribution in [0.2, 0.25) is 0 Å². The van der Waals surface area contributed by atoms with E-state index in [1.807, 2.05) is 13.0 Å². The zero-order chi connectivity index (χ0) is 22.4. The molecule has 1 amide bonds. The molecule has 0 spiro atoms. The van der Waals surface area contributed by atoms with Crippen LogP contribution in [0.15, 0.2) is 77.7 Å². The maximum atomic E-state index is 12.7. The van der Waals surface area contributed by atoms with Crippen molar-refractivity contribution in [3.63, 3.8) is 0 Å². The fraction of sp³-hybridized carbons (Fsp3) is 0.130. The average molecular weight is 439 g/mol. The maximum Gasteiger partial charge on any atom is 0.338 e. The third-order valence-corrected chi connectivity index (χ3v) is 5.69. The number of rotatable bonds is 7. The van der Waals surface area contributed by atoms with Crippen molar-refractivity contribution in [2.45, 2.75) is 18.7 Å². The summed E-state index contributed by atoms with van der Waals surface area (Å²) >= 11 is 0. The van der Waals surface area contributed by atoms with Crippen molar-refractivity contribution in [1.29, 1.82) is 0 Å². The standard InChI is InChI=1S/C23H22N2O5S/c1-3-30-23(27)18-9-5-10-19(14-18)24-22(26)17-8-6-12-21(15-17)31(28,29)25-20-11-4-7-16(2)13-20/h4-15,25H,3H2,1-2H3,(H,24,26). The lowest BCUT2D eigenvalue weighted by molar-refractivity contribution is 0.0526. The second kappa shape index (κ2) is 9.44. The highest BCUT2D eigenvalue weighted by Gasteiger charge is 2.17. The zero-order valence-electron chi connectivity index (χ0n) is 17.1. The first-order chi connectivity index (χ1) is 14.8. The fourth-order valence-corrected chi connectivity index (χ4v) is 3.96. The normalized spacial score (nSPS) is 10.9. The molecule has 3 aromatic carbocycles. The van der Waals surface area contributed by atoms with Crippen LogP contribution >= 0.6 is 0 Å². The van der Waals surface area contributed by atoms with Crippen molar-refractivity contribution in [2.75, 3.05) is 16.6 Å². The van der Waals surface area contributed by atoms with Crippen LogP contribution in [0.3, 0.4) is 0 Å². The second-order valence-electron chi connectivity index (χ2n) is 6.76. The summed E-state index contributed by atoms with van der Waals surface area (Å²) in [7, 11) is -3.87. The Balaban J connectivity index is 1.79. The summed E-state index contributed by atoms with van der Waals surface area (Å²) in [6.45, 7) is 3.81. The molecule has 0 fully saturated rings. The van der Waals surface area contributed by atoms with Gasteiger partial charge in [-0.2, -0.15) is 0 Å². The van der Waals surface area contributed by atoms with Crippen LogP contribution in [0.4, 0.5) is 11.4 Å². The van der Waals surface area contributed by atoms with Gasteiger partial charge in [-0.25, -0.2) is 13.2 Å². The first-order valence-corrected chi connectivity index (χ1v) is 11.0. The minimum atomic E-state index is -3.87. The Morgan fingerprint density at radius 3 is 2.29 bits per heavy atom. The lowest BCUT2D eigenvalue weighted by Crippen LogP contribution is -2.16. The summed E-state index contributed by atoms with van der Waals surface area (Å²) in [5, 5.41) is 2.67. The van der Waals surface area contributed by atoms with Crippen molar-refractivity contribution in [2.24, 2.45) is 0 Å². The monoisotopic (exact) mass is 438 g/mol. The summed E-state index contributed by atoms with van der Waals surface area (Å²) in [6.07, 6.45) is 0. The van der Waals surface area contributed by atoms with Gasteiger partial charge in [-0.1, -0.05) is 24.3 Å². The summed E-state index contributed by atoms with van der Waals surface area (Å²) in [4.78, 5) is 24.5. The molecule has 160 valence electrons. The fourth-order valence-electron chi connectivity index (χ4n) is 2.87. The molecule has 3 aromatic rings. The van der Waals surface area contributed by atoms with E-state index in [4.69, 9.17) is 4.74 Å². The Kier molecular flexibility index (Phi) is 6.71. The number of anilines is 2. The number of hydrogen-bond acceptors (Lipinski definition) is 5.